The van der Waals surface area contributed by atoms with E-state index in [0.29, 0.717) is 12.3 Å². The minimum absolute atomic E-state index is 0.406. The summed E-state index contributed by atoms with van der Waals surface area (Å²) in [6.45, 7) is 4.27. The fourth-order valence-electron chi connectivity index (χ4n) is 2.56. The van der Waals surface area contributed by atoms with Crippen molar-refractivity contribution < 1.29 is 9.84 Å². The highest BCUT2D eigenvalue weighted by Crippen LogP contribution is 2.30. The molecule has 0 aliphatic carbocycles. The second-order valence-corrected chi connectivity index (χ2v) is 5.94. The molecule has 3 N–H and O–H groups in total. The fraction of sp³-hybridized carbons (Fsp3) is 0.368. The molecule has 2 aromatic rings. The molecule has 0 aliphatic rings. The van der Waals surface area contributed by atoms with Crippen molar-refractivity contribution in [3.05, 3.63) is 65.2 Å². The van der Waals surface area contributed by atoms with Crippen LogP contribution in [0.15, 0.2) is 48.5 Å². The van der Waals surface area contributed by atoms with E-state index >= 15 is 0 Å². The number of nitrogens with two attached hydrogens (primary N) is 1. The first-order valence-corrected chi connectivity index (χ1v) is 7.68. The van der Waals surface area contributed by atoms with Crippen molar-refractivity contribution in [3.63, 3.8) is 0 Å². The van der Waals surface area contributed by atoms with Gasteiger partial charge in [0, 0.05) is 12.0 Å². The van der Waals surface area contributed by atoms with E-state index in [9.17, 15) is 5.11 Å². The van der Waals surface area contributed by atoms with Crippen LogP contribution in [0.3, 0.4) is 0 Å². The van der Waals surface area contributed by atoms with Crippen molar-refractivity contribution in [2.75, 3.05) is 7.11 Å². The molecule has 2 aromatic carbocycles. The number of methoxy groups -OCH3 is 1. The van der Waals surface area contributed by atoms with Crippen molar-refractivity contribution in [1.82, 2.24) is 0 Å². The zero-order valence-electron chi connectivity index (χ0n) is 13.5. The summed E-state index contributed by atoms with van der Waals surface area (Å²) in [6.07, 6.45) is -0.129. The van der Waals surface area contributed by atoms with Gasteiger partial charge in [0.2, 0.25) is 0 Å². The first-order valence-electron chi connectivity index (χ1n) is 7.68. The van der Waals surface area contributed by atoms with Gasteiger partial charge in [0.05, 0.1) is 19.3 Å². The molecule has 22 heavy (non-hydrogen) atoms. The van der Waals surface area contributed by atoms with Gasteiger partial charge in [-0.2, -0.15) is 0 Å². The Morgan fingerprint density at radius 1 is 1.09 bits per heavy atom. The lowest BCUT2D eigenvalue weighted by molar-refractivity contribution is 0.143. The normalized spacial score (nSPS) is 13.9. The van der Waals surface area contributed by atoms with Crippen LogP contribution < -0.4 is 10.5 Å². The van der Waals surface area contributed by atoms with E-state index in [4.69, 9.17) is 10.5 Å². The Kier molecular flexibility index (Phi) is 5.58. The molecule has 0 aliphatic heterocycles. The highest BCUT2D eigenvalue weighted by Gasteiger charge is 2.21. The molecule has 3 heteroatoms. The van der Waals surface area contributed by atoms with Gasteiger partial charge < -0.3 is 15.6 Å². The molecule has 0 amide bonds. The highest BCUT2D eigenvalue weighted by molar-refractivity contribution is 5.41. The smallest absolute Gasteiger partial charge is 0.123 e. The maximum absolute atomic E-state index is 10.5. The Balaban J connectivity index is 2.23. The van der Waals surface area contributed by atoms with E-state index < -0.39 is 12.1 Å². The molecular formula is C19H25NO2. The SMILES string of the molecule is COc1ccc(C(C)C)cc1[C@H](N)[C@H](O)Cc1ccccc1. The summed E-state index contributed by atoms with van der Waals surface area (Å²) in [5.74, 6) is 1.13. The Hall–Kier alpha value is -1.84. The van der Waals surface area contributed by atoms with Crippen LogP contribution in [0.1, 0.15) is 42.5 Å². The average molecular weight is 299 g/mol. The third kappa shape index (κ3) is 3.87. The lowest BCUT2D eigenvalue weighted by Crippen LogP contribution is -2.28. The molecule has 2 atom stereocenters. The van der Waals surface area contributed by atoms with E-state index in [-0.39, 0.29) is 0 Å². The Bertz CT molecular complexity index is 596. The van der Waals surface area contributed by atoms with Crippen LogP contribution in [0.2, 0.25) is 0 Å². The molecule has 0 heterocycles. The van der Waals surface area contributed by atoms with Gasteiger partial charge in [-0.15, -0.1) is 0 Å². The molecule has 0 saturated heterocycles. The van der Waals surface area contributed by atoms with Gasteiger partial charge in [-0.25, -0.2) is 0 Å². The standard InChI is InChI=1S/C19H25NO2/c1-13(2)15-9-10-18(22-3)16(12-15)19(20)17(21)11-14-7-5-4-6-8-14/h4-10,12-13,17,19,21H,11,20H2,1-3H3/t17-,19+/m1/s1. The minimum Gasteiger partial charge on any atom is -0.496 e. The zero-order chi connectivity index (χ0) is 16.1. The molecule has 0 radical (unpaired) electrons. The average Bonchev–Trinajstić information content (AvgIpc) is 2.54. The molecule has 0 aromatic heterocycles. The largest absolute Gasteiger partial charge is 0.496 e. The molecule has 118 valence electrons. The number of ether oxygens (including phenoxy) is 1. The molecule has 0 bridgehead atoms. The topological polar surface area (TPSA) is 55.5 Å². The third-order valence-electron chi connectivity index (χ3n) is 3.98. The molecular weight excluding hydrogens is 274 g/mol. The summed E-state index contributed by atoms with van der Waals surface area (Å²) >= 11 is 0. The number of aliphatic hydroxyl groups is 1. The number of hydrogen-bond donors (Lipinski definition) is 2. The molecule has 0 saturated carbocycles. The first-order chi connectivity index (χ1) is 10.5. The second-order valence-electron chi connectivity index (χ2n) is 5.94. The van der Waals surface area contributed by atoms with Crippen molar-refractivity contribution in [3.8, 4) is 5.75 Å². The molecule has 3 nitrogen and oxygen atoms in total. The Labute approximate surface area is 132 Å². The summed E-state index contributed by atoms with van der Waals surface area (Å²) in [5, 5.41) is 10.5. The maximum atomic E-state index is 10.5. The second kappa shape index (κ2) is 7.43. The van der Waals surface area contributed by atoms with E-state index in [0.717, 1.165) is 16.9 Å². The van der Waals surface area contributed by atoms with Gasteiger partial charge in [0.1, 0.15) is 5.75 Å². The molecule has 2 rings (SSSR count). The summed E-state index contributed by atoms with van der Waals surface area (Å²) in [5.41, 5.74) is 9.43. The van der Waals surface area contributed by atoms with Crippen molar-refractivity contribution >= 4 is 0 Å². The van der Waals surface area contributed by atoms with Crippen LogP contribution in [-0.4, -0.2) is 18.3 Å². The van der Waals surface area contributed by atoms with Crippen LogP contribution in [-0.2, 0) is 6.42 Å². The summed E-state index contributed by atoms with van der Waals surface area (Å²) in [4.78, 5) is 0. The molecule has 0 spiro atoms. The lowest BCUT2D eigenvalue weighted by Gasteiger charge is -2.22. The minimum atomic E-state index is -0.654. The zero-order valence-corrected chi connectivity index (χ0v) is 13.5. The number of rotatable bonds is 6. The number of benzene rings is 2. The van der Waals surface area contributed by atoms with E-state index in [1.54, 1.807) is 7.11 Å². The van der Waals surface area contributed by atoms with Gasteiger partial charge >= 0.3 is 0 Å². The monoisotopic (exact) mass is 299 g/mol. The summed E-state index contributed by atoms with van der Waals surface area (Å²) in [7, 11) is 1.63. The van der Waals surface area contributed by atoms with E-state index in [1.165, 1.54) is 5.56 Å². The molecule has 0 unspecified atom stereocenters. The highest BCUT2D eigenvalue weighted by atomic mass is 16.5. The van der Waals surface area contributed by atoms with Gasteiger partial charge in [0.15, 0.2) is 0 Å². The van der Waals surface area contributed by atoms with E-state index in [1.807, 2.05) is 48.5 Å². The number of aliphatic hydroxyl groups excluding tert-OH is 1. The van der Waals surface area contributed by atoms with Crippen LogP contribution >= 0.6 is 0 Å². The predicted molar refractivity (Wildman–Crippen MR) is 90.2 cm³/mol. The van der Waals surface area contributed by atoms with E-state index in [2.05, 4.69) is 13.8 Å². The summed E-state index contributed by atoms with van der Waals surface area (Å²) < 4.78 is 5.41. The summed E-state index contributed by atoms with van der Waals surface area (Å²) in [6, 6.07) is 15.4. The third-order valence-corrected chi connectivity index (χ3v) is 3.98. The predicted octanol–water partition coefficient (Wildman–Crippen LogP) is 3.42. The fourth-order valence-corrected chi connectivity index (χ4v) is 2.56. The Morgan fingerprint density at radius 2 is 1.77 bits per heavy atom. The van der Waals surface area contributed by atoms with Crippen molar-refractivity contribution in [2.45, 2.75) is 38.3 Å². The van der Waals surface area contributed by atoms with Gasteiger partial charge in [-0.3, -0.25) is 0 Å². The maximum Gasteiger partial charge on any atom is 0.123 e. The van der Waals surface area contributed by atoms with Gasteiger partial charge in [-0.1, -0.05) is 56.3 Å². The number of hydrogen-bond acceptors (Lipinski definition) is 3. The lowest BCUT2D eigenvalue weighted by atomic mass is 9.92. The van der Waals surface area contributed by atoms with Crippen molar-refractivity contribution in [1.29, 1.82) is 0 Å². The van der Waals surface area contributed by atoms with Crippen molar-refractivity contribution in [2.24, 2.45) is 5.73 Å². The van der Waals surface area contributed by atoms with Crippen LogP contribution in [0.4, 0.5) is 0 Å². The quantitative estimate of drug-likeness (QED) is 0.859. The first kappa shape index (κ1) is 16.5. The van der Waals surface area contributed by atoms with Crippen LogP contribution in [0.5, 0.6) is 5.75 Å². The Morgan fingerprint density at radius 3 is 2.36 bits per heavy atom. The van der Waals surface area contributed by atoms with Crippen LogP contribution in [0, 0.1) is 0 Å². The van der Waals surface area contributed by atoms with Gasteiger partial charge in [0.25, 0.3) is 0 Å². The van der Waals surface area contributed by atoms with Gasteiger partial charge in [-0.05, 0) is 23.1 Å². The molecule has 0 fully saturated rings. The van der Waals surface area contributed by atoms with Crippen LogP contribution in [0.25, 0.3) is 0 Å².